The van der Waals surface area contributed by atoms with Crippen LogP contribution in [0.5, 0.6) is 0 Å². The van der Waals surface area contributed by atoms with Gasteiger partial charge in [0.2, 0.25) is 5.91 Å². The van der Waals surface area contributed by atoms with Gasteiger partial charge in [-0.15, -0.1) is 0 Å². The molecule has 1 saturated carbocycles. The fraction of sp³-hybridized carbons (Fsp3) is 0.348. The lowest BCUT2D eigenvalue weighted by Gasteiger charge is -2.17. The summed E-state index contributed by atoms with van der Waals surface area (Å²) in [6, 6.07) is 15.7. The molecule has 6 nitrogen and oxygen atoms in total. The van der Waals surface area contributed by atoms with Crippen LogP contribution in [0.4, 0.5) is 11.5 Å². The summed E-state index contributed by atoms with van der Waals surface area (Å²) in [6.07, 6.45) is 5.49. The molecule has 29 heavy (non-hydrogen) atoms. The number of rotatable bonds is 6. The average molecular weight is 390 g/mol. The molecule has 150 valence electrons. The highest BCUT2D eigenvalue weighted by Crippen LogP contribution is 2.25. The van der Waals surface area contributed by atoms with Crippen LogP contribution in [0, 0.1) is 0 Å². The molecule has 0 spiro atoms. The van der Waals surface area contributed by atoms with Gasteiger partial charge in [0.05, 0.1) is 5.52 Å². The van der Waals surface area contributed by atoms with Gasteiger partial charge in [-0.1, -0.05) is 44.0 Å². The van der Waals surface area contributed by atoms with Gasteiger partial charge in [-0.2, -0.15) is 4.98 Å². The van der Waals surface area contributed by atoms with Crippen molar-refractivity contribution in [3.63, 3.8) is 0 Å². The maximum absolute atomic E-state index is 12.7. The number of aromatic nitrogens is 2. The van der Waals surface area contributed by atoms with E-state index in [0.717, 1.165) is 35.9 Å². The Morgan fingerprint density at radius 1 is 1.14 bits per heavy atom. The van der Waals surface area contributed by atoms with Gasteiger partial charge < -0.3 is 10.6 Å². The molecule has 1 aliphatic rings. The third-order valence-electron chi connectivity index (χ3n) is 5.51. The number of benzene rings is 2. The number of hydrogen-bond donors (Lipinski definition) is 2. The fourth-order valence-electron chi connectivity index (χ4n) is 3.97. The van der Waals surface area contributed by atoms with Crippen LogP contribution in [0.15, 0.2) is 53.3 Å². The second-order valence-electron chi connectivity index (χ2n) is 7.57. The first-order valence-electron chi connectivity index (χ1n) is 10.3. The van der Waals surface area contributed by atoms with E-state index in [2.05, 4.69) is 22.5 Å². The van der Waals surface area contributed by atoms with Crippen LogP contribution in [0.25, 0.3) is 10.9 Å². The number of amides is 1. The molecule has 0 radical (unpaired) electrons. The van der Waals surface area contributed by atoms with Crippen molar-refractivity contribution in [1.82, 2.24) is 9.55 Å². The molecule has 1 heterocycles. The monoisotopic (exact) mass is 390 g/mol. The smallest absolute Gasteiger partial charge is 0.350 e. The van der Waals surface area contributed by atoms with Crippen molar-refractivity contribution < 1.29 is 4.79 Å². The van der Waals surface area contributed by atoms with E-state index in [0.29, 0.717) is 17.4 Å². The molecule has 3 aromatic rings. The van der Waals surface area contributed by atoms with Crippen LogP contribution in [0.2, 0.25) is 0 Å². The average Bonchev–Trinajstić information content (AvgIpc) is 3.24. The zero-order valence-corrected chi connectivity index (χ0v) is 16.6. The molecule has 6 heteroatoms. The Morgan fingerprint density at radius 2 is 1.93 bits per heavy atom. The summed E-state index contributed by atoms with van der Waals surface area (Å²) < 4.78 is 1.44. The highest BCUT2D eigenvalue weighted by molar-refractivity contribution is 5.93. The van der Waals surface area contributed by atoms with Gasteiger partial charge in [-0.05, 0) is 49.1 Å². The quantitative estimate of drug-likeness (QED) is 0.668. The van der Waals surface area contributed by atoms with Gasteiger partial charge in [-0.25, -0.2) is 4.79 Å². The Labute approximate surface area is 170 Å². The van der Waals surface area contributed by atoms with E-state index in [1.165, 1.54) is 17.4 Å². The Balaban J connectivity index is 1.60. The van der Waals surface area contributed by atoms with E-state index >= 15 is 0 Å². The topological polar surface area (TPSA) is 76.0 Å². The van der Waals surface area contributed by atoms with Crippen molar-refractivity contribution in [2.24, 2.45) is 0 Å². The minimum Gasteiger partial charge on any atom is -0.367 e. The summed E-state index contributed by atoms with van der Waals surface area (Å²) in [5, 5.41) is 7.18. The number of carbonyl (C=O) groups excluding carboxylic acids is 1. The van der Waals surface area contributed by atoms with Crippen molar-refractivity contribution in [2.45, 2.75) is 51.6 Å². The second-order valence-corrected chi connectivity index (χ2v) is 7.57. The summed E-state index contributed by atoms with van der Waals surface area (Å²) in [5.74, 6) is 0.369. The number of hydrogen-bond acceptors (Lipinski definition) is 4. The van der Waals surface area contributed by atoms with Crippen LogP contribution >= 0.6 is 0 Å². The van der Waals surface area contributed by atoms with Crippen molar-refractivity contribution in [3.05, 3.63) is 64.6 Å². The molecular formula is C23H26N4O2. The van der Waals surface area contributed by atoms with E-state index in [-0.39, 0.29) is 12.5 Å². The van der Waals surface area contributed by atoms with Crippen molar-refractivity contribution in [1.29, 1.82) is 0 Å². The number of carbonyl (C=O) groups is 1. The van der Waals surface area contributed by atoms with Gasteiger partial charge in [0.25, 0.3) is 0 Å². The molecule has 1 amide bonds. The highest BCUT2D eigenvalue weighted by Gasteiger charge is 2.18. The Hall–Kier alpha value is -3.15. The zero-order chi connectivity index (χ0) is 20.2. The van der Waals surface area contributed by atoms with Gasteiger partial charge in [0.15, 0.2) is 0 Å². The van der Waals surface area contributed by atoms with E-state index in [4.69, 9.17) is 0 Å². The largest absolute Gasteiger partial charge is 0.367 e. The molecule has 1 fully saturated rings. The summed E-state index contributed by atoms with van der Waals surface area (Å²) in [6.45, 7) is 1.99. The van der Waals surface area contributed by atoms with Gasteiger partial charge >= 0.3 is 5.69 Å². The summed E-state index contributed by atoms with van der Waals surface area (Å²) >= 11 is 0. The van der Waals surface area contributed by atoms with E-state index in [1.54, 1.807) is 0 Å². The fourth-order valence-corrected chi connectivity index (χ4v) is 3.97. The Morgan fingerprint density at radius 3 is 2.72 bits per heavy atom. The standard InChI is InChI=1S/C23H26N4O2/c1-2-16-8-7-11-18(14-16)24-21(28)15-27-20-13-6-5-12-19(20)22(26-23(27)29)25-17-9-3-4-10-17/h5-8,11-14,17H,2-4,9-10,15H2,1H3,(H,24,28)(H,25,26,29). The first-order chi connectivity index (χ1) is 14.1. The number of nitrogens with zero attached hydrogens (tertiary/aromatic N) is 2. The zero-order valence-electron chi connectivity index (χ0n) is 16.6. The number of fused-ring (bicyclic) bond motifs is 1. The van der Waals surface area contributed by atoms with Crippen LogP contribution < -0.4 is 16.3 Å². The van der Waals surface area contributed by atoms with Crippen molar-refractivity contribution in [2.75, 3.05) is 10.6 Å². The number of para-hydroxylation sites is 1. The van der Waals surface area contributed by atoms with Gasteiger partial charge in [-0.3, -0.25) is 9.36 Å². The molecule has 0 atom stereocenters. The van der Waals surface area contributed by atoms with Gasteiger partial charge in [0, 0.05) is 17.1 Å². The SMILES string of the molecule is CCc1cccc(NC(=O)Cn2c(=O)nc(NC3CCCC3)c3ccccc32)c1. The molecule has 2 N–H and O–H groups in total. The van der Waals surface area contributed by atoms with Crippen LogP contribution in [0.3, 0.4) is 0 Å². The number of aryl methyl sites for hydroxylation is 1. The summed E-state index contributed by atoms with van der Waals surface area (Å²) in [4.78, 5) is 29.6. The minimum atomic E-state index is -0.415. The van der Waals surface area contributed by atoms with Crippen molar-refractivity contribution >= 4 is 28.3 Å². The minimum absolute atomic E-state index is 0.0770. The predicted molar refractivity (Wildman–Crippen MR) is 116 cm³/mol. The van der Waals surface area contributed by atoms with E-state index < -0.39 is 5.69 Å². The lowest BCUT2D eigenvalue weighted by molar-refractivity contribution is -0.116. The Kier molecular flexibility index (Phi) is 5.60. The van der Waals surface area contributed by atoms with E-state index in [1.807, 2.05) is 48.5 Å². The second kappa shape index (κ2) is 8.47. The molecular weight excluding hydrogens is 364 g/mol. The summed E-state index contributed by atoms with van der Waals surface area (Å²) in [5.41, 5.74) is 2.18. The molecule has 1 aliphatic carbocycles. The molecule has 0 aliphatic heterocycles. The lowest BCUT2D eigenvalue weighted by Crippen LogP contribution is -2.31. The third-order valence-corrected chi connectivity index (χ3v) is 5.51. The maximum Gasteiger partial charge on any atom is 0.350 e. The first kappa shape index (κ1) is 19.2. The third kappa shape index (κ3) is 4.31. The van der Waals surface area contributed by atoms with Crippen LogP contribution in [-0.4, -0.2) is 21.5 Å². The maximum atomic E-state index is 12.7. The number of anilines is 2. The highest BCUT2D eigenvalue weighted by atomic mass is 16.2. The lowest BCUT2D eigenvalue weighted by atomic mass is 10.1. The molecule has 1 aromatic heterocycles. The molecule has 0 saturated heterocycles. The molecule has 0 bridgehead atoms. The number of nitrogens with one attached hydrogen (secondary N) is 2. The van der Waals surface area contributed by atoms with E-state index in [9.17, 15) is 9.59 Å². The first-order valence-corrected chi connectivity index (χ1v) is 10.3. The molecule has 0 unspecified atom stereocenters. The van der Waals surface area contributed by atoms with Crippen LogP contribution in [0.1, 0.15) is 38.2 Å². The van der Waals surface area contributed by atoms with Crippen molar-refractivity contribution in [3.8, 4) is 0 Å². The van der Waals surface area contributed by atoms with Gasteiger partial charge in [0.1, 0.15) is 12.4 Å². The Bertz CT molecular complexity index is 1080. The summed E-state index contributed by atoms with van der Waals surface area (Å²) in [7, 11) is 0. The molecule has 4 rings (SSSR count). The van der Waals surface area contributed by atoms with Crippen LogP contribution in [-0.2, 0) is 17.8 Å². The normalized spacial score (nSPS) is 14.2. The predicted octanol–water partition coefficient (Wildman–Crippen LogP) is 3.95. The molecule has 2 aromatic carbocycles.